The van der Waals surface area contributed by atoms with Crippen LogP contribution in [0.4, 0.5) is 26.3 Å². The fourth-order valence-corrected chi connectivity index (χ4v) is 7.16. The number of aliphatic carboxylic acids is 2. The summed E-state index contributed by atoms with van der Waals surface area (Å²) in [7, 11) is -11.4. The van der Waals surface area contributed by atoms with Gasteiger partial charge in [-0.25, -0.2) is 18.6 Å². The van der Waals surface area contributed by atoms with Crippen molar-refractivity contribution in [2.45, 2.75) is 132 Å². The maximum absolute atomic E-state index is 12.8. The summed E-state index contributed by atoms with van der Waals surface area (Å²) >= 11 is 0. The fourth-order valence-electron chi connectivity index (χ4n) is 4.73. The van der Waals surface area contributed by atoms with Gasteiger partial charge in [0.05, 0.1) is 24.2 Å². The monoisotopic (exact) mass is 986 g/mol. The van der Waals surface area contributed by atoms with E-state index in [9.17, 15) is 53.4 Å². The molecule has 0 bridgehead atoms. The van der Waals surface area contributed by atoms with Crippen LogP contribution in [0.25, 0.3) is 0 Å². The second-order valence-corrected chi connectivity index (χ2v) is 19.2. The first-order valence-corrected chi connectivity index (χ1v) is 17.5. The number of aliphatic hydroxyl groups is 2. The molecule has 0 aromatic carbocycles. The van der Waals surface area contributed by atoms with Crippen LogP contribution in [-0.2, 0) is 68.6 Å². The van der Waals surface area contributed by atoms with Gasteiger partial charge in [-0.05, 0) is 21.7 Å². The number of hydrogen-bond acceptors (Lipinski definition) is 8. The Kier molecular flexibility index (Phi) is 20.5. The van der Waals surface area contributed by atoms with Gasteiger partial charge in [0, 0.05) is 52.8 Å². The summed E-state index contributed by atoms with van der Waals surface area (Å²) in [5.41, 5.74) is -13.9. The van der Waals surface area contributed by atoms with Gasteiger partial charge in [-0.2, -0.15) is 43.2 Å². The third kappa shape index (κ3) is 15.2. The van der Waals surface area contributed by atoms with E-state index < -0.39 is 101 Å². The van der Waals surface area contributed by atoms with E-state index in [0.29, 0.717) is 0 Å². The summed E-state index contributed by atoms with van der Waals surface area (Å²) in [6.45, 7) is 22.3. The molecule has 0 aromatic rings. The predicted octanol–water partition coefficient (Wildman–Crippen LogP) is 5.97. The van der Waals surface area contributed by atoms with E-state index in [2.05, 4.69) is 9.98 Å². The molecule has 0 fully saturated rings. The number of nitrogens with zero attached hydrogens (tertiary/aromatic N) is 4. The Bertz CT molecular complexity index is 1380. The molecule has 2 aliphatic heterocycles. The Morgan fingerprint density at radius 2 is 0.712 bits per heavy atom. The number of aliphatic hydroxyl groups excluding tert-OH is 2. The van der Waals surface area contributed by atoms with Gasteiger partial charge >= 0.3 is 31.1 Å². The number of aliphatic imine (C=N–C) groups is 2. The molecular weight excluding hydrogens is 936 g/mol. The molecule has 2 aliphatic rings. The van der Waals surface area contributed by atoms with Crippen molar-refractivity contribution in [1.29, 1.82) is 0 Å². The molecule has 0 unspecified atom stereocenters. The van der Waals surface area contributed by atoms with E-state index in [-0.39, 0.29) is 47.6 Å². The number of amidine groups is 2. The van der Waals surface area contributed by atoms with Gasteiger partial charge in [-0.3, -0.25) is 9.59 Å². The summed E-state index contributed by atoms with van der Waals surface area (Å²) < 4.78 is 124. The maximum Gasteiger partial charge on any atom is 0.516 e. The Morgan fingerprint density at radius 1 is 0.538 bits per heavy atom. The van der Waals surface area contributed by atoms with Gasteiger partial charge in [0.15, 0.2) is 0 Å². The fraction of sp³-hybridized carbons (Fsp3) is 0.857. The van der Waals surface area contributed by atoms with Crippen LogP contribution in [0, 0.1) is 21.7 Å². The van der Waals surface area contributed by atoms with Crippen molar-refractivity contribution >= 4 is 44.0 Å². The Balaban J connectivity index is -0.000000355. The number of halogens is 6. The van der Waals surface area contributed by atoms with Crippen LogP contribution < -0.4 is 0 Å². The molecule has 24 heteroatoms. The third-order valence-corrected chi connectivity index (χ3v) is 9.65. The molecule has 314 valence electrons. The van der Waals surface area contributed by atoms with Gasteiger partial charge in [0.1, 0.15) is 0 Å². The Labute approximate surface area is 327 Å². The number of rotatable bonds is 2. The van der Waals surface area contributed by atoms with E-state index in [1.807, 2.05) is 0 Å². The van der Waals surface area contributed by atoms with Crippen molar-refractivity contribution in [3.63, 3.8) is 0 Å². The van der Waals surface area contributed by atoms with E-state index in [4.69, 9.17) is 19.8 Å². The third-order valence-electron chi connectivity index (χ3n) is 6.66. The number of carboxylic acids is 2. The molecule has 0 saturated heterocycles. The van der Waals surface area contributed by atoms with Crippen molar-refractivity contribution < 1.29 is 112 Å². The average Bonchev–Trinajstić information content (AvgIpc) is 3.35. The number of hydrogen-bond donors (Lipinski definition) is 4. The summed E-state index contributed by atoms with van der Waals surface area (Å²) in [6.07, 6.45) is 0. The zero-order valence-corrected chi connectivity index (χ0v) is 36.0. The first-order valence-electron chi connectivity index (χ1n) is 14.6. The molecule has 14 nitrogen and oxygen atoms in total. The van der Waals surface area contributed by atoms with Gasteiger partial charge in [0.2, 0.25) is 0 Å². The van der Waals surface area contributed by atoms with Crippen molar-refractivity contribution in [2.75, 3.05) is 0 Å². The standard InChI is InChI=1S/2C12H21F3N2O3S.2C2H4O2.2Rh/c2*1-10(2,3)7-8(11(4,5)6)17(9(18)16-7)21(19,20)12(13,14)15;2*1-2(3)4;;/h2*7-8H,1-6H3,(H,16,18);2*1H3,(H,3,4);;/t2*7-,8-;;;;/m11..../s1. The smallest absolute Gasteiger partial charge is 0.481 e. The van der Waals surface area contributed by atoms with E-state index in [0.717, 1.165) is 13.8 Å². The second kappa shape index (κ2) is 18.7. The number of carbonyl (C=O) groups is 2. The van der Waals surface area contributed by atoms with Crippen LogP contribution in [0.5, 0.6) is 0 Å². The Hall–Kier alpha value is -1.79. The molecule has 2 rings (SSSR count). The summed E-state index contributed by atoms with van der Waals surface area (Å²) in [5.74, 6) is -1.67. The first kappa shape index (κ1) is 56.9. The SMILES string of the molecule is CC(=O)O.CC(=O)O.CC(C)(C)[C@@H]1N=C(O)N(S(=O)(=O)C(F)(F)F)[C@H]1C(C)(C)C.CC(C)(C)[C@@H]1N=C(O)N(S(=O)(=O)C(F)(F)F)[C@H]1C(C)(C)C.[Rh].[Rh]. The van der Waals surface area contributed by atoms with E-state index in [1.165, 1.54) is 0 Å². The molecule has 0 aliphatic carbocycles. The van der Waals surface area contributed by atoms with Gasteiger partial charge in [-0.1, -0.05) is 83.1 Å². The predicted molar refractivity (Wildman–Crippen MR) is 173 cm³/mol. The minimum absolute atomic E-state index is 0. The molecule has 4 atom stereocenters. The van der Waals surface area contributed by atoms with Crippen molar-refractivity contribution in [2.24, 2.45) is 31.6 Å². The zero-order chi connectivity index (χ0) is 41.2. The maximum atomic E-state index is 12.8. The largest absolute Gasteiger partial charge is 0.516 e. The number of sulfonamides is 2. The normalized spacial score (nSPS) is 21.3. The second-order valence-electron chi connectivity index (χ2n) is 15.6. The van der Waals surface area contributed by atoms with Crippen molar-refractivity contribution in [3.8, 4) is 0 Å². The van der Waals surface area contributed by atoms with E-state index >= 15 is 0 Å². The minimum Gasteiger partial charge on any atom is -0.481 e. The molecule has 0 aromatic heterocycles. The first-order chi connectivity index (χ1) is 21.5. The molecule has 0 amide bonds. The van der Waals surface area contributed by atoms with E-state index in [1.54, 1.807) is 83.1 Å². The minimum atomic E-state index is -5.70. The average molecular weight is 987 g/mol. The van der Waals surface area contributed by atoms with Crippen molar-refractivity contribution in [3.05, 3.63) is 0 Å². The Morgan fingerprint density at radius 3 is 0.827 bits per heavy atom. The van der Waals surface area contributed by atoms with Crippen LogP contribution in [-0.4, -0.2) is 105 Å². The molecule has 4 N–H and O–H groups in total. The van der Waals surface area contributed by atoms with Gasteiger partial charge < -0.3 is 20.4 Å². The van der Waals surface area contributed by atoms with Crippen LogP contribution in [0.1, 0.15) is 96.9 Å². The van der Waals surface area contributed by atoms with Gasteiger partial charge in [-0.15, -0.1) is 0 Å². The number of alkyl halides is 6. The van der Waals surface area contributed by atoms with Crippen LogP contribution in [0.2, 0.25) is 0 Å². The quantitative estimate of drug-likeness (QED) is 0.188. The summed E-state index contributed by atoms with van der Waals surface area (Å²) in [4.78, 5) is 25.6. The topological polar surface area (TPSA) is 215 Å². The molecular formula is C28H50F6N4O10Rh2S2. The summed E-state index contributed by atoms with van der Waals surface area (Å²) in [6, 6.07) is -6.02. The summed E-state index contributed by atoms with van der Waals surface area (Å²) in [5, 5.41) is 34.3. The van der Waals surface area contributed by atoms with Crippen molar-refractivity contribution in [1.82, 2.24) is 8.61 Å². The molecule has 2 radical (unpaired) electrons. The molecule has 52 heavy (non-hydrogen) atoms. The number of carboxylic acid groups (broad SMARTS) is 2. The molecule has 2 heterocycles. The van der Waals surface area contributed by atoms with Crippen LogP contribution in [0.15, 0.2) is 9.98 Å². The molecule has 0 saturated carbocycles. The van der Waals surface area contributed by atoms with Crippen LogP contribution in [0.3, 0.4) is 0 Å². The molecule has 0 spiro atoms. The zero-order valence-electron chi connectivity index (χ0n) is 31.1. The van der Waals surface area contributed by atoms with Crippen LogP contribution >= 0.6 is 0 Å². The van der Waals surface area contributed by atoms with Gasteiger partial charge in [0.25, 0.3) is 24.0 Å².